The second kappa shape index (κ2) is 28.9. The summed E-state index contributed by atoms with van der Waals surface area (Å²) in [6.07, 6.45) is 6.57. The maximum Gasteiger partial charge on any atom is 0.264 e. The molecule has 10 rings (SSSR count). The lowest BCUT2D eigenvalue weighted by atomic mass is 9.71. The van der Waals surface area contributed by atoms with Crippen LogP contribution in [0.1, 0.15) is 119 Å². The lowest BCUT2D eigenvalue weighted by Crippen LogP contribution is -2.54. The van der Waals surface area contributed by atoms with Crippen molar-refractivity contribution in [3.63, 3.8) is 0 Å². The van der Waals surface area contributed by atoms with Crippen LogP contribution >= 0.6 is 23.4 Å². The zero-order chi connectivity index (χ0) is 59.3. The van der Waals surface area contributed by atoms with Crippen LogP contribution in [0.15, 0.2) is 126 Å². The standard InChI is InChI=1S/C67H80ClN9O7S/c1-46-40-47(15-24-57(46)72-52(28-31-74-36-38-84-39-37-74)44-85-54-10-5-3-6-11-54)42-70-63(80)49-18-22-53(23-19-49)76-34-32-75(33-35-76)43-50-41-67(2,29-27-55(50)48-16-20-51(68)21-17-48)45-71-60(78)14-7-4-8-30-69-58-13-9-12-56-62(58)66(83)77(65(56)82)59-25-26-61(79)73-64(59)81/h3,5-6,9-13,15-24,40,52,59,69,72H,4,7-8,14,25-39,41-45H2,1-2H3,(H,70,80)(H,71,78)(H,73,79,81)/t52-,59?,67?/m1/s1. The van der Waals surface area contributed by atoms with E-state index in [1.54, 1.807) is 18.2 Å². The summed E-state index contributed by atoms with van der Waals surface area (Å²) in [5, 5.41) is 16.5. The molecule has 1 aliphatic carbocycles. The number of allylic oxidation sites excluding steroid dienone is 1. The molecule has 3 fully saturated rings. The fraction of sp³-hybridized carbons (Fsp3) is 0.433. The number of carbonyl (C=O) groups is 6. The van der Waals surface area contributed by atoms with Crippen molar-refractivity contribution in [3.05, 3.63) is 159 Å². The second-order valence-corrected chi connectivity index (χ2v) is 25.1. The van der Waals surface area contributed by atoms with Crippen molar-refractivity contribution in [1.29, 1.82) is 0 Å². The summed E-state index contributed by atoms with van der Waals surface area (Å²) in [6.45, 7) is 14.9. The molecule has 5 aromatic carbocycles. The first kappa shape index (κ1) is 61.1. The molecule has 5 N–H and O–H groups in total. The molecule has 85 heavy (non-hydrogen) atoms. The van der Waals surface area contributed by atoms with Gasteiger partial charge in [-0.15, -0.1) is 11.8 Å². The average Bonchev–Trinajstić information content (AvgIpc) is 1.95. The number of aryl methyl sites for hydroxylation is 1. The summed E-state index contributed by atoms with van der Waals surface area (Å²) < 4.78 is 5.59. The number of amides is 6. The molecule has 4 heterocycles. The molecular weight excluding hydrogens is 1110 g/mol. The average molecular weight is 1190 g/mol. The van der Waals surface area contributed by atoms with Crippen LogP contribution < -0.4 is 31.5 Å². The van der Waals surface area contributed by atoms with Crippen LogP contribution in [0.3, 0.4) is 0 Å². The highest BCUT2D eigenvalue weighted by molar-refractivity contribution is 7.99. The highest BCUT2D eigenvalue weighted by Crippen LogP contribution is 2.43. The van der Waals surface area contributed by atoms with Crippen molar-refractivity contribution in [3.8, 4) is 0 Å². The molecule has 0 aromatic heterocycles. The quantitative estimate of drug-likeness (QED) is 0.0212. The van der Waals surface area contributed by atoms with Gasteiger partial charge in [-0.05, 0) is 146 Å². The molecule has 16 nitrogen and oxygen atoms in total. The van der Waals surface area contributed by atoms with Gasteiger partial charge in [0.2, 0.25) is 17.7 Å². The Hall–Kier alpha value is -7.02. The minimum absolute atomic E-state index is 0.0324. The van der Waals surface area contributed by atoms with E-state index in [-0.39, 0.29) is 41.2 Å². The molecule has 0 radical (unpaired) electrons. The Kier molecular flexibility index (Phi) is 20.8. The zero-order valence-corrected chi connectivity index (χ0v) is 50.6. The number of hydrogen-bond acceptors (Lipinski definition) is 13. The molecule has 448 valence electrons. The van der Waals surface area contributed by atoms with Crippen LogP contribution in [0, 0.1) is 12.3 Å². The number of nitrogens with zero attached hydrogens (tertiary/aromatic N) is 4. The number of imide groups is 2. The number of piperazine rings is 1. The molecule has 18 heteroatoms. The van der Waals surface area contributed by atoms with E-state index in [0.717, 1.165) is 137 Å². The van der Waals surface area contributed by atoms with Crippen molar-refractivity contribution >= 4 is 81.4 Å². The third-order valence-electron chi connectivity index (χ3n) is 17.3. The number of ether oxygens (including phenoxy) is 1. The predicted molar refractivity (Wildman–Crippen MR) is 337 cm³/mol. The molecule has 2 unspecified atom stereocenters. The summed E-state index contributed by atoms with van der Waals surface area (Å²) in [5.74, 6) is -1.24. The number of hydrogen-bond donors (Lipinski definition) is 5. The molecule has 0 saturated carbocycles. The molecule has 3 atom stereocenters. The molecule has 6 amide bonds. The molecule has 3 saturated heterocycles. The van der Waals surface area contributed by atoms with Gasteiger partial charge in [0.05, 0.1) is 24.3 Å². The van der Waals surface area contributed by atoms with E-state index in [0.29, 0.717) is 54.8 Å². The number of piperidine rings is 1. The Morgan fingerprint density at radius 1 is 0.800 bits per heavy atom. The lowest BCUT2D eigenvalue weighted by molar-refractivity contribution is -0.136. The van der Waals surface area contributed by atoms with Crippen LogP contribution in [0.25, 0.3) is 5.57 Å². The normalized spacial score (nSPS) is 19.8. The van der Waals surface area contributed by atoms with E-state index in [2.05, 4.69) is 128 Å². The SMILES string of the molecule is Cc1cc(CNC(=O)c2ccc(N3CCN(CC4=C(c5ccc(Cl)cc5)CCC(C)(CNC(=O)CCCCCNc5cccc6c5C(=O)N(C5CCC(=O)NC5=O)C6=O)C4)CC3)cc2)ccc1N[C@H](CCN1CCOCC1)CSc1ccccc1. The summed E-state index contributed by atoms with van der Waals surface area (Å²) in [6, 6.07) is 37.5. The minimum atomic E-state index is -1.02. The number of rotatable bonds is 25. The van der Waals surface area contributed by atoms with Gasteiger partial charge in [-0.3, -0.25) is 48.8 Å². The van der Waals surface area contributed by atoms with E-state index >= 15 is 0 Å². The number of benzene rings is 5. The van der Waals surface area contributed by atoms with Crippen LogP contribution in [-0.4, -0.2) is 147 Å². The van der Waals surface area contributed by atoms with E-state index < -0.39 is 29.7 Å². The van der Waals surface area contributed by atoms with Crippen molar-refractivity contribution < 1.29 is 33.5 Å². The number of unbranched alkanes of at least 4 members (excludes halogenated alkanes) is 2. The first-order valence-corrected chi connectivity index (χ1v) is 31.6. The Morgan fingerprint density at radius 2 is 1.58 bits per heavy atom. The molecule has 5 aromatic rings. The van der Waals surface area contributed by atoms with Crippen molar-refractivity contribution in [2.45, 2.75) is 102 Å². The van der Waals surface area contributed by atoms with E-state index in [1.165, 1.54) is 21.6 Å². The van der Waals surface area contributed by atoms with Gasteiger partial charge in [-0.25, -0.2) is 0 Å². The number of morpholine rings is 1. The van der Waals surface area contributed by atoms with Gasteiger partial charge in [0.1, 0.15) is 6.04 Å². The fourth-order valence-electron chi connectivity index (χ4n) is 12.3. The van der Waals surface area contributed by atoms with E-state index in [4.69, 9.17) is 16.3 Å². The van der Waals surface area contributed by atoms with E-state index in [9.17, 15) is 28.8 Å². The van der Waals surface area contributed by atoms with Gasteiger partial charge < -0.3 is 30.9 Å². The predicted octanol–water partition coefficient (Wildman–Crippen LogP) is 9.83. The monoisotopic (exact) mass is 1190 g/mol. The van der Waals surface area contributed by atoms with Crippen molar-refractivity contribution in [2.75, 3.05) is 99.9 Å². The first-order valence-electron chi connectivity index (χ1n) is 30.3. The van der Waals surface area contributed by atoms with E-state index in [1.807, 2.05) is 36.0 Å². The number of nitrogens with one attached hydrogen (secondary N) is 5. The maximum atomic E-state index is 13.5. The van der Waals surface area contributed by atoms with Gasteiger partial charge in [-0.2, -0.15) is 0 Å². The van der Waals surface area contributed by atoms with Crippen LogP contribution in [-0.2, 0) is 25.7 Å². The van der Waals surface area contributed by atoms with Crippen molar-refractivity contribution in [2.24, 2.45) is 5.41 Å². The van der Waals surface area contributed by atoms with Gasteiger partial charge in [0.15, 0.2) is 0 Å². The molecular formula is C67H80ClN9O7S. The third-order valence-corrected chi connectivity index (χ3v) is 18.7. The van der Waals surface area contributed by atoms with Gasteiger partial charge in [-0.1, -0.05) is 79.0 Å². The Morgan fingerprint density at radius 3 is 2.33 bits per heavy atom. The Balaban J connectivity index is 0.660. The number of carbonyl (C=O) groups excluding carboxylic acids is 6. The minimum Gasteiger partial charge on any atom is -0.384 e. The van der Waals surface area contributed by atoms with Crippen LogP contribution in [0.4, 0.5) is 17.1 Å². The van der Waals surface area contributed by atoms with Crippen LogP contribution in [0.2, 0.25) is 5.02 Å². The highest BCUT2D eigenvalue weighted by Gasteiger charge is 2.45. The number of thioether (sulfide) groups is 1. The smallest absolute Gasteiger partial charge is 0.264 e. The molecule has 5 aliphatic rings. The third kappa shape index (κ3) is 16.1. The second-order valence-electron chi connectivity index (χ2n) is 23.6. The Labute approximate surface area is 509 Å². The maximum absolute atomic E-state index is 13.5. The lowest BCUT2D eigenvalue weighted by Gasteiger charge is -2.41. The van der Waals surface area contributed by atoms with Gasteiger partial charge >= 0.3 is 0 Å². The topological polar surface area (TPSA) is 185 Å². The fourth-order valence-corrected chi connectivity index (χ4v) is 13.4. The first-order chi connectivity index (χ1) is 41.3. The summed E-state index contributed by atoms with van der Waals surface area (Å²) >= 11 is 8.24. The van der Waals surface area contributed by atoms with Crippen LogP contribution in [0.5, 0.6) is 0 Å². The molecule has 0 spiro atoms. The molecule has 4 aliphatic heterocycles. The summed E-state index contributed by atoms with van der Waals surface area (Å²) in [7, 11) is 0. The highest BCUT2D eigenvalue weighted by atomic mass is 35.5. The number of anilines is 3. The summed E-state index contributed by atoms with van der Waals surface area (Å²) in [4.78, 5) is 87.5. The largest absolute Gasteiger partial charge is 0.384 e. The number of halogens is 1. The van der Waals surface area contributed by atoms with Gasteiger partial charge in [0, 0.05) is 129 Å². The molecule has 0 bridgehead atoms. The Bertz CT molecular complexity index is 3220. The van der Waals surface area contributed by atoms with Gasteiger partial charge in [0.25, 0.3) is 17.7 Å². The van der Waals surface area contributed by atoms with Crippen molar-refractivity contribution in [1.82, 2.24) is 30.7 Å². The number of fused-ring (bicyclic) bond motifs is 1. The summed E-state index contributed by atoms with van der Waals surface area (Å²) in [5.41, 5.74) is 9.93. The zero-order valence-electron chi connectivity index (χ0n) is 49.0.